The number of nitrogens with one attached hydrogen (secondary N) is 1. The van der Waals surface area contributed by atoms with Crippen LogP contribution in [0, 0.1) is 6.92 Å². The Morgan fingerprint density at radius 3 is 2.06 bits per heavy atom. The standard InChI is InChI=1S/C7H11N3O4S2/c1-5-4-6(10-16(9,13)14)2-3-7(5)15(8,11)12/h2-4,10H,1H3,(H2,8,11,12)(H2,9,13,14). The number of primary sulfonamides is 1. The lowest BCUT2D eigenvalue weighted by molar-refractivity contribution is 0.597. The fourth-order valence-corrected chi connectivity index (χ4v) is 2.42. The van der Waals surface area contributed by atoms with Gasteiger partial charge in [-0.2, -0.15) is 8.42 Å². The van der Waals surface area contributed by atoms with Gasteiger partial charge in [0.2, 0.25) is 10.0 Å². The third-order valence-electron chi connectivity index (χ3n) is 1.74. The Balaban J connectivity index is 3.20. The lowest BCUT2D eigenvalue weighted by Gasteiger charge is -2.07. The minimum absolute atomic E-state index is 0.0625. The van der Waals surface area contributed by atoms with E-state index in [1.54, 1.807) is 0 Å². The zero-order chi connectivity index (χ0) is 12.6. The van der Waals surface area contributed by atoms with Gasteiger partial charge in [0, 0.05) is 0 Å². The Labute approximate surface area is 93.7 Å². The number of aryl methyl sites for hydroxylation is 1. The van der Waals surface area contributed by atoms with E-state index in [2.05, 4.69) is 0 Å². The SMILES string of the molecule is Cc1cc(NS(N)(=O)=O)ccc1S(N)(=O)=O. The van der Waals surface area contributed by atoms with Crippen molar-refractivity contribution < 1.29 is 16.8 Å². The number of anilines is 1. The Morgan fingerprint density at radius 1 is 1.12 bits per heavy atom. The van der Waals surface area contributed by atoms with Gasteiger partial charge in [-0.1, -0.05) is 0 Å². The summed E-state index contributed by atoms with van der Waals surface area (Å²) in [6.45, 7) is 1.49. The molecule has 1 aromatic rings. The quantitative estimate of drug-likeness (QED) is 0.663. The zero-order valence-electron chi connectivity index (χ0n) is 8.34. The summed E-state index contributed by atoms with van der Waals surface area (Å²) in [4.78, 5) is -0.0625. The van der Waals surface area contributed by atoms with Crippen LogP contribution in [0.15, 0.2) is 23.1 Å². The molecule has 7 nitrogen and oxygen atoms in total. The van der Waals surface area contributed by atoms with Crippen molar-refractivity contribution in [1.29, 1.82) is 0 Å². The van der Waals surface area contributed by atoms with Crippen molar-refractivity contribution in [2.45, 2.75) is 11.8 Å². The van der Waals surface area contributed by atoms with E-state index < -0.39 is 20.2 Å². The molecule has 9 heteroatoms. The Hall–Kier alpha value is -1.16. The third-order valence-corrected chi connectivity index (χ3v) is 3.33. The molecule has 0 aliphatic rings. The fourth-order valence-electron chi connectivity index (χ4n) is 1.20. The predicted octanol–water partition coefficient (Wildman–Crippen LogP) is -0.742. The van der Waals surface area contributed by atoms with Gasteiger partial charge in [-0.05, 0) is 30.7 Å². The molecular weight excluding hydrogens is 254 g/mol. The van der Waals surface area contributed by atoms with Gasteiger partial charge in [-0.15, -0.1) is 0 Å². The molecule has 0 radical (unpaired) electrons. The first-order valence-corrected chi connectivity index (χ1v) is 7.13. The van der Waals surface area contributed by atoms with E-state index in [1.165, 1.54) is 25.1 Å². The first kappa shape index (κ1) is 12.9. The average molecular weight is 265 g/mol. The van der Waals surface area contributed by atoms with Crippen molar-refractivity contribution in [1.82, 2.24) is 0 Å². The maximum Gasteiger partial charge on any atom is 0.296 e. The van der Waals surface area contributed by atoms with Crippen LogP contribution in [0.4, 0.5) is 5.69 Å². The van der Waals surface area contributed by atoms with E-state index >= 15 is 0 Å². The van der Waals surface area contributed by atoms with Crippen LogP contribution in [0.3, 0.4) is 0 Å². The molecule has 0 aliphatic heterocycles. The topological polar surface area (TPSA) is 132 Å². The molecule has 0 fully saturated rings. The van der Waals surface area contributed by atoms with Crippen LogP contribution in [0.5, 0.6) is 0 Å². The minimum Gasteiger partial charge on any atom is -0.271 e. The monoisotopic (exact) mass is 265 g/mol. The van der Waals surface area contributed by atoms with Gasteiger partial charge < -0.3 is 0 Å². The van der Waals surface area contributed by atoms with Crippen LogP contribution in [-0.4, -0.2) is 16.8 Å². The number of nitrogens with two attached hydrogens (primary N) is 2. The zero-order valence-corrected chi connectivity index (χ0v) is 9.97. The molecule has 1 aromatic carbocycles. The summed E-state index contributed by atoms with van der Waals surface area (Å²) < 4.78 is 45.6. The molecule has 0 saturated carbocycles. The summed E-state index contributed by atoms with van der Waals surface area (Å²) in [7, 11) is -7.68. The van der Waals surface area contributed by atoms with Crippen LogP contribution in [0.25, 0.3) is 0 Å². The molecule has 90 valence electrons. The molecule has 0 spiro atoms. The summed E-state index contributed by atoms with van der Waals surface area (Å²) >= 11 is 0. The summed E-state index contributed by atoms with van der Waals surface area (Å²) in [5.74, 6) is 0. The van der Waals surface area contributed by atoms with E-state index in [1.807, 2.05) is 4.72 Å². The highest BCUT2D eigenvalue weighted by Crippen LogP contribution is 2.18. The second kappa shape index (κ2) is 4.01. The van der Waals surface area contributed by atoms with Gasteiger partial charge in [0.25, 0.3) is 10.2 Å². The molecule has 0 heterocycles. The molecule has 0 amide bonds. The van der Waals surface area contributed by atoms with Gasteiger partial charge in [0.15, 0.2) is 0 Å². The molecule has 0 aliphatic carbocycles. The van der Waals surface area contributed by atoms with Crippen molar-refractivity contribution >= 4 is 25.9 Å². The molecule has 0 saturated heterocycles. The number of rotatable bonds is 3. The van der Waals surface area contributed by atoms with Gasteiger partial charge in [0.05, 0.1) is 10.6 Å². The van der Waals surface area contributed by atoms with E-state index in [-0.39, 0.29) is 10.6 Å². The van der Waals surface area contributed by atoms with E-state index in [4.69, 9.17) is 10.3 Å². The van der Waals surface area contributed by atoms with Crippen molar-refractivity contribution in [2.24, 2.45) is 10.3 Å². The number of benzene rings is 1. The minimum atomic E-state index is -3.87. The summed E-state index contributed by atoms with van der Waals surface area (Å²) in [6.07, 6.45) is 0. The summed E-state index contributed by atoms with van der Waals surface area (Å²) in [5, 5.41) is 9.70. The smallest absolute Gasteiger partial charge is 0.271 e. The van der Waals surface area contributed by atoms with Crippen molar-refractivity contribution in [3.63, 3.8) is 0 Å². The third kappa shape index (κ3) is 3.45. The Kier molecular flexibility index (Phi) is 3.24. The molecule has 0 aromatic heterocycles. The summed E-state index contributed by atoms with van der Waals surface area (Å²) in [6, 6.07) is 3.79. The molecule has 16 heavy (non-hydrogen) atoms. The fraction of sp³-hybridized carbons (Fsp3) is 0.143. The molecule has 1 rings (SSSR count). The second-order valence-corrected chi connectivity index (χ2v) is 6.00. The van der Waals surface area contributed by atoms with Crippen LogP contribution in [0.2, 0.25) is 0 Å². The molecule has 0 bridgehead atoms. The molecule has 0 atom stereocenters. The number of hydrogen-bond acceptors (Lipinski definition) is 4. The van der Waals surface area contributed by atoms with E-state index in [0.29, 0.717) is 5.56 Å². The lowest BCUT2D eigenvalue weighted by Crippen LogP contribution is -2.22. The number of hydrogen-bond donors (Lipinski definition) is 3. The first-order valence-electron chi connectivity index (χ1n) is 4.03. The summed E-state index contributed by atoms with van der Waals surface area (Å²) in [5.41, 5.74) is 0.503. The van der Waals surface area contributed by atoms with Crippen LogP contribution >= 0.6 is 0 Å². The predicted molar refractivity (Wildman–Crippen MR) is 59.3 cm³/mol. The van der Waals surface area contributed by atoms with Crippen LogP contribution < -0.4 is 15.0 Å². The molecule has 0 unspecified atom stereocenters. The van der Waals surface area contributed by atoms with Gasteiger partial charge in [0.1, 0.15) is 0 Å². The molecule has 5 N–H and O–H groups in total. The van der Waals surface area contributed by atoms with E-state index in [9.17, 15) is 16.8 Å². The second-order valence-electron chi connectivity index (χ2n) is 3.17. The van der Waals surface area contributed by atoms with Crippen molar-refractivity contribution in [3.8, 4) is 0 Å². The largest absolute Gasteiger partial charge is 0.296 e. The first-order chi connectivity index (χ1) is 7.09. The maximum atomic E-state index is 11.1. The lowest BCUT2D eigenvalue weighted by atomic mass is 10.2. The normalized spacial score (nSPS) is 12.4. The highest BCUT2D eigenvalue weighted by molar-refractivity contribution is 7.90. The van der Waals surface area contributed by atoms with Gasteiger partial charge >= 0.3 is 0 Å². The van der Waals surface area contributed by atoms with Gasteiger partial charge in [-0.25, -0.2) is 18.7 Å². The average Bonchev–Trinajstić information content (AvgIpc) is 1.97. The Morgan fingerprint density at radius 2 is 1.69 bits per heavy atom. The van der Waals surface area contributed by atoms with E-state index in [0.717, 1.165) is 0 Å². The van der Waals surface area contributed by atoms with Crippen LogP contribution in [0.1, 0.15) is 5.56 Å². The highest BCUT2D eigenvalue weighted by Gasteiger charge is 2.12. The Bertz CT molecular complexity index is 607. The van der Waals surface area contributed by atoms with Gasteiger partial charge in [-0.3, -0.25) is 4.72 Å². The van der Waals surface area contributed by atoms with Crippen molar-refractivity contribution in [2.75, 3.05) is 4.72 Å². The maximum absolute atomic E-state index is 11.1. The van der Waals surface area contributed by atoms with Crippen molar-refractivity contribution in [3.05, 3.63) is 23.8 Å². The van der Waals surface area contributed by atoms with Crippen LogP contribution in [-0.2, 0) is 20.2 Å². The highest BCUT2D eigenvalue weighted by atomic mass is 32.2. The number of sulfonamides is 1. The molecular formula is C7H11N3O4S2.